The third-order valence-electron chi connectivity index (χ3n) is 3.62. The molecule has 0 aliphatic carbocycles. The van der Waals surface area contributed by atoms with Gasteiger partial charge in [0.05, 0.1) is 4.90 Å². The molecule has 1 heterocycles. The Kier molecular flexibility index (Phi) is 5.54. The minimum absolute atomic E-state index is 0.163. The fraction of sp³-hybridized carbons (Fsp3) is 0.571. The molecule has 0 bridgehead atoms. The first kappa shape index (κ1) is 15.4. The van der Waals surface area contributed by atoms with Crippen LogP contribution in [0, 0.1) is 5.92 Å². The minimum Gasteiger partial charge on any atom is -0.381 e. The normalized spacial score (nSPS) is 17.2. The van der Waals surface area contributed by atoms with Gasteiger partial charge in [-0.25, -0.2) is 13.6 Å². The van der Waals surface area contributed by atoms with Crippen LogP contribution in [0.25, 0.3) is 0 Å². The molecule has 0 amide bonds. The van der Waals surface area contributed by atoms with E-state index in [1.54, 1.807) is 12.1 Å². The molecular weight excluding hydrogens is 276 g/mol. The number of hydrogen-bond donors (Lipinski definition) is 2. The molecule has 5 nitrogen and oxygen atoms in total. The summed E-state index contributed by atoms with van der Waals surface area (Å²) in [7, 11) is -3.59. The zero-order chi connectivity index (χ0) is 14.4. The Hall–Kier alpha value is -0.950. The van der Waals surface area contributed by atoms with Gasteiger partial charge in [0.1, 0.15) is 0 Å². The number of hydrogen-bond acceptors (Lipinski definition) is 4. The summed E-state index contributed by atoms with van der Waals surface area (Å²) in [6.07, 6.45) is 3.15. The van der Waals surface area contributed by atoms with E-state index in [-0.39, 0.29) is 4.90 Å². The molecule has 1 aromatic carbocycles. The first-order valence-electron chi connectivity index (χ1n) is 6.96. The first-order chi connectivity index (χ1) is 9.55. The third kappa shape index (κ3) is 4.86. The van der Waals surface area contributed by atoms with Crippen LogP contribution in [-0.2, 0) is 21.2 Å². The van der Waals surface area contributed by atoms with Crippen molar-refractivity contribution in [2.75, 3.05) is 26.3 Å². The second-order valence-electron chi connectivity index (χ2n) is 5.20. The summed E-state index contributed by atoms with van der Waals surface area (Å²) in [5, 5.41) is 8.51. The smallest absolute Gasteiger partial charge is 0.238 e. The molecule has 0 aromatic heterocycles. The van der Waals surface area contributed by atoms with Crippen molar-refractivity contribution in [2.45, 2.75) is 24.2 Å². The van der Waals surface area contributed by atoms with Crippen molar-refractivity contribution in [2.24, 2.45) is 11.1 Å². The molecule has 1 saturated heterocycles. The van der Waals surface area contributed by atoms with E-state index < -0.39 is 10.0 Å². The van der Waals surface area contributed by atoms with E-state index in [9.17, 15) is 8.42 Å². The van der Waals surface area contributed by atoms with Gasteiger partial charge in [0, 0.05) is 13.2 Å². The number of benzene rings is 1. The Morgan fingerprint density at radius 2 is 1.85 bits per heavy atom. The topological polar surface area (TPSA) is 81.4 Å². The van der Waals surface area contributed by atoms with Gasteiger partial charge in [-0.1, -0.05) is 12.1 Å². The summed E-state index contributed by atoms with van der Waals surface area (Å²) in [4.78, 5) is 0.163. The van der Waals surface area contributed by atoms with Gasteiger partial charge in [0.2, 0.25) is 10.0 Å². The standard InChI is InChI=1S/C14H22N2O3S/c15-20(17,18)14-3-1-12(2-4-14)5-8-16-11-13-6-9-19-10-7-13/h1-4,13,16H,5-11H2,(H2,15,17,18). The van der Waals surface area contributed by atoms with Crippen LogP contribution >= 0.6 is 0 Å². The van der Waals surface area contributed by atoms with E-state index in [4.69, 9.17) is 9.88 Å². The number of primary sulfonamides is 1. The number of sulfonamides is 1. The van der Waals surface area contributed by atoms with Crippen LogP contribution in [0.3, 0.4) is 0 Å². The van der Waals surface area contributed by atoms with Gasteiger partial charge < -0.3 is 10.1 Å². The van der Waals surface area contributed by atoms with E-state index in [0.717, 1.165) is 51.1 Å². The Bertz CT molecular complexity index is 508. The van der Waals surface area contributed by atoms with Crippen molar-refractivity contribution in [1.82, 2.24) is 5.32 Å². The molecule has 0 spiro atoms. The lowest BCUT2D eigenvalue weighted by atomic mass is 10.0. The number of nitrogens with two attached hydrogens (primary N) is 1. The lowest BCUT2D eigenvalue weighted by Gasteiger charge is -2.22. The van der Waals surface area contributed by atoms with Crippen LogP contribution in [0.1, 0.15) is 18.4 Å². The maximum atomic E-state index is 11.1. The monoisotopic (exact) mass is 298 g/mol. The van der Waals surface area contributed by atoms with Gasteiger partial charge in [-0.3, -0.25) is 0 Å². The highest BCUT2D eigenvalue weighted by Crippen LogP contribution is 2.13. The molecular formula is C14H22N2O3S. The molecule has 3 N–H and O–H groups in total. The molecule has 112 valence electrons. The quantitative estimate of drug-likeness (QED) is 0.764. The number of nitrogens with one attached hydrogen (secondary N) is 1. The summed E-state index contributed by atoms with van der Waals surface area (Å²) >= 11 is 0. The molecule has 6 heteroatoms. The Labute approximate surface area is 120 Å². The van der Waals surface area contributed by atoms with E-state index in [2.05, 4.69) is 5.32 Å². The van der Waals surface area contributed by atoms with E-state index in [1.807, 2.05) is 12.1 Å². The zero-order valence-corrected chi connectivity index (χ0v) is 12.4. The summed E-state index contributed by atoms with van der Waals surface area (Å²) in [5.41, 5.74) is 1.11. The number of rotatable bonds is 6. The fourth-order valence-electron chi connectivity index (χ4n) is 2.34. The molecule has 0 saturated carbocycles. The molecule has 0 radical (unpaired) electrons. The lowest BCUT2D eigenvalue weighted by molar-refractivity contribution is 0.0664. The molecule has 2 rings (SSSR count). The zero-order valence-electron chi connectivity index (χ0n) is 11.5. The average Bonchev–Trinajstić information content (AvgIpc) is 2.44. The van der Waals surface area contributed by atoms with Gasteiger partial charge in [-0.05, 0) is 56.0 Å². The van der Waals surface area contributed by atoms with Crippen molar-refractivity contribution in [1.29, 1.82) is 0 Å². The van der Waals surface area contributed by atoms with Gasteiger partial charge in [0.15, 0.2) is 0 Å². The predicted octanol–water partition coefficient (Wildman–Crippen LogP) is 0.893. The van der Waals surface area contributed by atoms with Crippen molar-refractivity contribution in [3.8, 4) is 0 Å². The summed E-state index contributed by atoms with van der Waals surface area (Å²) in [5.74, 6) is 0.716. The highest BCUT2D eigenvalue weighted by atomic mass is 32.2. The van der Waals surface area contributed by atoms with Crippen molar-refractivity contribution >= 4 is 10.0 Å². The van der Waals surface area contributed by atoms with Crippen LogP contribution < -0.4 is 10.5 Å². The lowest BCUT2D eigenvalue weighted by Crippen LogP contribution is -2.29. The van der Waals surface area contributed by atoms with Gasteiger partial charge >= 0.3 is 0 Å². The Balaban J connectivity index is 1.71. The van der Waals surface area contributed by atoms with Gasteiger partial charge in [-0.2, -0.15) is 0 Å². The van der Waals surface area contributed by atoms with E-state index in [1.165, 1.54) is 0 Å². The van der Waals surface area contributed by atoms with Crippen molar-refractivity contribution in [3.05, 3.63) is 29.8 Å². The maximum Gasteiger partial charge on any atom is 0.238 e. The van der Waals surface area contributed by atoms with Crippen LogP contribution in [0.15, 0.2) is 29.2 Å². The number of ether oxygens (including phenoxy) is 1. The van der Waals surface area contributed by atoms with Crippen molar-refractivity contribution in [3.63, 3.8) is 0 Å². The fourth-order valence-corrected chi connectivity index (χ4v) is 2.85. The minimum atomic E-state index is -3.59. The maximum absolute atomic E-state index is 11.1. The Morgan fingerprint density at radius 1 is 1.20 bits per heavy atom. The predicted molar refractivity (Wildman–Crippen MR) is 77.9 cm³/mol. The third-order valence-corrected chi connectivity index (χ3v) is 4.55. The summed E-state index contributed by atoms with van der Waals surface area (Å²) in [6.45, 7) is 3.67. The van der Waals surface area contributed by atoms with Gasteiger partial charge in [0.25, 0.3) is 0 Å². The highest BCUT2D eigenvalue weighted by molar-refractivity contribution is 7.89. The molecule has 0 unspecified atom stereocenters. The molecule has 1 fully saturated rings. The second kappa shape index (κ2) is 7.17. The SMILES string of the molecule is NS(=O)(=O)c1ccc(CCNCC2CCOCC2)cc1. The van der Waals surface area contributed by atoms with Crippen molar-refractivity contribution < 1.29 is 13.2 Å². The summed E-state index contributed by atoms with van der Waals surface area (Å²) < 4.78 is 27.6. The molecule has 1 aliphatic heterocycles. The molecule has 1 aromatic rings. The molecule has 20 heavy (non-hydrogen) atoms. The molecule has 0 atom stereocenters. The first-order valence-corrected chi connectivity index (χ1v) is 8.50. The highest BCUT2D eigenvalue weighted by Gasteiger charge is 2.12. The average molecular weight is 298 g/mol. The van der Waals surface area contributed by atoms with Crippen LogP contribution in [0.5, 0.6) is 0 Å². The van der Waals surface area contributed by atoms with Crippen LogP contribution in [0.2, 0.25) is 0 Å². The summed E-state index contributed by atoms with van der Waals surface area (Å²) in [6, 6.07) is 6.75. The Morgan fingerprint density at radius 3 is 2.45 bits per heavy atom. The second-order valence-corrected chi connectivity index (χ2v) is 6.76. The van der Waals surface area contributed by atoms with E-state index >= 15 is 0 Å². The van der Waals surface area contributed by atoms with Crippen LogP contribution in [-0.4, -0.2) is 34.7 Å². The largest absolute Gasteiger partial charge is 0.381 e. The van der Waals surface area contributed by atoms with Crippen LogP contribution in [0.4, 0.5) is 0 Å². The van der Waals surface area contributed by atoms with Gasteiger partial charge in [-0.15, -0.1) is 0 Å². The molecule has 1 aliphatic rings. The van der Waals surface area contributed by atoms with E-state index in [0.29, 0.717) is 5.92 Å².